The highest BCUT2D eigenvalue weighted by Crippen LogP contribution is 2.51. The summed E-state index contributed by atoms with van der Waals surface area (Å²) in [4.78, 5) is 74.9. The maximum atomic E-state index is 14.3. The zero-order chi connectivity index (χ0) is 66.3. The lowest BCUT2D eigenvalue weighted by Gasteiger charge is -2.47. The summed E-state index contributed by atoms with van der Waals surface area (Å²) < 4.78 is 28.6. The number of fused-ring (bicyclic) bond motifs is 6. The van der Waals surface area contributed by atoms with Gasteiger partial charge in [-0.1, -0.05) is 98.7 Å². The van der Waals surface area contributed by atoms with Gasteiger partial charge in [0.15, 0.2) is 0 Å². The maximum absolute atomic E-state index is 14.3. The van der Waals surface area contributed by atoms with Crippen LogP contribution >= 0.6 is 0 Å². The Hall–Kier alpha value is -6.10. The number of carbonyl (C=O) groups is 5. The zero-order valence-corrected chi connectivity index (χ0v) is 57.6. The zero-order valence-electron chi connectivity index (χ0n) is 57.6. The maximum Gasteiger partial charge on any atom is 0.253 e. The van der Waals surface area contributed by atoms with Gasteiger partial charge in [-0.3, -0.25) is 29.0 Å². The summed E-state index contributed by atoms with van der Waals surface area (Å²) in [5.41, 5.74) is 9.00. The fourth-order valence-electron chi connectivity index (χ4n) is 16.2. The molecule has 93 heavy (non-hydrogen) atoms. The minimum atomic E-state index is -0.446. The molecule has 0 bridgehead atoms. The molecule has 14 nitrogen and oxygen atoms in total. The Morgan fingerprint density at radius 3 is 1.45 bits per heavy atom. The number of rotatable bonds is 13. The molecule has 5 fully saturated rings. The second kappa shape index (κ2) is 29.5. The molecule has 12 rings (SSSR count). The van der Waals surface area contributed by atoms with E-state index in [2.05, 4.69) is 128 Å². The van der Waals surface area contributed by atoms with Crippen LogP contribution in [-0.2, 0) is 35.4 Å². The van der Waals surface area contributed by atoms with Gasteiger partial charge < -0.3 is 40.9 Å². The van der Waals surface area contributed by atoms with E-state index in [0.717, 1.165) is 132 Å². The van der Waals surface area contributed by atoms with Crippen LogP contribution in [-0.4, -0.2) is 132 Å². The number of nitrogens with one attached hydrogen (secondary N) is 4. The van der Waals surface area contributed by atoms with Gasteiger partial charge in [-0.25, -0.2) is 8.78 Å². The van der Waals surface area contributed by atoms with Gasteiger partial charge in [0.1, 0.15) is 17.7 Å². The highest BCUT2D eigenvalue weighted by molar-refractivity contribution is 5.94. The second-order valence-corrected chi connectivity index (χ2v) is 32.5. The van der Waals surface area contributed by atoms with Crippen LogP contribution < -0.4 is 21.3 Å². The first-order valence-electron chi connectivity index (χ1n) is 35.4. The minimum absolute atomic E-state index is 0. The number of likely N-dealkylation sites (tertiary alicyclic amines) is 4. The number of hydrogen-bond donors (Lipinski definition) is 4. The minimum Gasteiger partial charge on any atom is -0.348 e. The molecule has 5 amide bonds. The molecule has 4 N–H and O–H groups in total. The quantitative estimate of drug-likeness (QED) is 0.102. The Kier molecular flexibility index (Phi) is 22.1. The van der Waals surface area contributed by atoms with E-state index >= 15 is 0 Å². The number of carbonyl (C=O) groups excluding carboxylic acids is 5. The molecule has 0 saturated carbocycles. The van der Waals surface area contributed by atoms with E-state index in [1.54, 1.807) is 29.4 Å². The summed E-state index contributed by atoms with van der Waals surface area (Å²) in [5.74, 6) is -0.688. The summed E-state index contributed by atoms with van der Waals surface area (Å²) in [6, 6.07) is 22.0. The molecule has 514 valence electrons. The Labute approximate surface area is 560 Å². The molecule has 0 radical (unpaired) electrons. The number of halogens is 2. The van der Waals surface area contributed by atoms with E-state index in [0.29, 0.717) is 47.6 Å². The molecule has 8 aliphatic rings. The first-order chi connectivity index (χ1) is 44.2. The molecule has 4 aromatic rings. The van der Waals surface area contributed by atoms with Crippen LogP contribution in [0.1, 0.15) is 252 Å². The predicted molar refractivity (Wildman–Crippen MR) is 373 cm³/mol. The molecule has 16 heteroatoms. The molecule has 6 heterocycles. The number of piperidine rings is 3. The molecule has 1 aromatic heterocycles. The van der Waals surface area contributed by atoms with E-state index in [-0.39, 0.29) is 87.8 Å². The Morgan fingerprint density at radius 2 is 1.01 bits per heavy atom. The largest absolute Gasteiger partial charge is 0.348 e. The van der Waals surface area contributed by atoms with Gasteiger partial charge in [-0.15, -0.1) is 0 Å². The van der Waals surface area contributed by atoms with Gasteiger partial charge in [0, 0.05) is 37.5 Å². The van der Waals surface area contributed by atoms with Crippen LogP contribution in [0.15, 0.2) is 85.2 Å². The molecule has 3 aliphatic carbocycles. The molecule has 5 saturated heterocycles. The van der Waals surface area contributed by atoms with Crippen molar-refractivity contribution in [1.82, 2.24) is 45.9 Å². The highest BCUT2D eigenvalue weighted by Gasteiger charge is 2.46. The fraction of sp³-hybridized carbons (Fsp3) is 0.636. The van der Waals surface area contributed by atoms with Gasteiger partial charge in [-0.2, -0.15) is 0 Å². The summed E-state index contributed by atoms with van der Waals surface area (Å²) in [6.07, 6.45) is 21.6. The van der Waals surface area contributed by atoms with Crippen molar-refractivity contribution < 1.29 is 38.5 Å². The Balaban J connectivity index is 0.000000225. The summed E-state index contributed by atoms with van der Waals surface area (Å²) in [7, 11) is 0. The van der Waals surface area contributed by atoms with Crippen molar-refractivity contribution in [2.75, 3.05) is 72.0 Å². The van der Waals surface area contributed by atoms with Crippen LogP contribution in [0.25, 0.3) is 0 Å². The van der Waals surface area contributed by atoms with Gasteiger partial charge in [-0.05, 0) is 270 Å². The first-order valence-corrected chi connectivity index (χ1v) is 35.4. The lowest BCUT2D eigenvalue weighted by Crippen LogP contribution is -2.48. The molecule has 4 atom stereocenters. The lowest BCUT2D eigenvalue weighted by molar-refractivity contribution is -0.133. The average molecular weight is 1290 g/mol. The number of hydrogen-bond acceptors (Lipinski definition) is 9. The third-order valence-electron chi connectivity index (χ3n) is 22.2. The number of pyridine rings is 1. The van der Waals surface area contributed by atoms with E-state index in [1.807, 2.05) is 24.3 Å². The van der Waals surface area contributed by atoms with Crippen molar-refractivity contribution in [3.8, 4) is 0 Å². The molecular formula is C77H117F2N9O5. The van der Waals surface area contributed by atoms with E-state index in [4.69, 9.17) is 0 Å². The van der Waals surface area contributed by atoms with E-state index < -0.39 is 6.04 Å². The summed E-state index contributed by atoms with van der Waals surface area (Å²) in [6.45, 7) is 31.4. The van der Waals surface area contributed by atoms with E-state index in [1.165, 1.54) is 75.0 Å². The summed E-state index contributed by atoms with van der Waals surface area (Å²) in [5, 5.41) is 12.3. The van der Waals surface area contributed by atoms with Crippen LogP contribution in [0.2, 0.25) is 0 Å². The number of aromatic nitrogens is 1. The molecule has 5 aliphatic heterocycles. The van der Waals surface area contributed by atoms with Crippen molar-refractivity contribution in [3.05, 3.63) is 136 Å². The normalized spacial score (nSPS) is 23.5. The van der Waals surface area contributed by atoms with Crippen molar-refractivity contribution >= 4 is 29.5 Å². The first kappa shape index (κ1) is 69.7. The predicted octanol–water partition coefficient (Wildman–Crippen LogP) is 14.1. The number of amides is 5. The average Bonchev–Trinajstić information content (AvgIpc) is 0.852. The molecule has 0 unspecified atom stereocenters. The SMILES string of the molecule is CC(C)(C)CCN1CCC2(CC[C@@H](NC(=O)CN3CCCC3=O)c3ccc(F)cc32)CC1.CC(C)(C)CCN1CCC2(CC[C@@H](NC(=O)[C@@H]3CCC(=O)N3)c3ccc(F)cc32)CC1.CC(C)(C)CCN1CCC2(CC[C@H](NC(=O)c3cccnc3)c3ccccc32)CC1.[HH].[HH].[HH].[HH]. The summed E-state index contributed by atoms with van der Waals surface area (Å²) >= 11 is 0. The van der Waals surface area contributed by atoms with Crippen molar-refractivity contribution in [1.29, 1.82) is 0 Å². The monoisotopic (exact) mass is 1290 g/mol. The fourth-order valence-corrected chi connectivity index (χ4v) is 16.2. The van der Waals surface area contributed by atoms with Crippen molar-refractivity contribution in [3.63, 3.8) is 0 Å². The van der Waals surface area contributed by atoms with Crippen LogP contribution in [0, 0.1) is 27.9 Å². The standard InChI is InChI=1S/C26H38FN3O2.C26H35N3O.C25H36FN3O2.4H2/c1-25(2,3)10-14-29-15-11-26(12-16-29)9-8-22(20-7-6-19(27)17-21(20)26)28-23(31)18-30-13-4-5-24(30)32;1-25(2,3)12-16-29-17-13-26(14-18-29)11-10-23(21-8-4-5-9-22(21)26)28-24(30)20-7-6-15-27-19-20;1-24(2,3)10-13-29-14-11-25(12-15-29)9-8-20(18-5-4-17(26)16-19(18)25)28-23(31)21-6-7-22(30)27-21;;;;/h6-7,17,22H,4-5,8-16,18H2,1-3H3,(H,28,31);4-9,15,19,23H,10-14,16-18H2,1-3H3,(H,28,30);4-5,16,20-21H,6-15H2,1-3H3,(H,27,30)(H,28,31);4*1H/t22-;23-;20-,21+;;;;/m101..../s1. The number of benzene rings is 3. The van der Waals surface area contributed by atoms with Gasteiger partial charge in [0.25, 0.3) is 5.91 Å². The van der Waals surface area contributed by atoms with Gasteiger partial charge >= 0.3 is 0 Å². The third kappa shape index (κ3) is 17.9. The second-order valence-electron chi connectivity index (χ2n) is 32.5. The van der Waals surface area contributed by atoms with Crippen LogP contribution in [0.4, 0.5) is 8.78 Å². The number of nitrogens with zero attached hydrogens (tertiary/aromatic N) is 5. The highest BCUT2D eigenvalue weighted by atomic mass is 19.1. The Morgan fingerprint density at radius 1 is 0.548 bits per heavy atom. The Bertz CT molecular complexity index is 3260. The molecule has 3 aromatic carbocycles. The van der Waals surface area contributed by atoms with Crippen LogP contribution in [0.5, 0.6) is 0 Å². The third-order valence-corrected chi connectivity index (χ3v) is 22.2. The van der Waals surface area contributed by atoms with Gasteiger partial charge in [0.05, 0.1) is 30.2 Å². The molecular weight excluding hydrogens is 1170 g/mol. The van der Waals surface area contributed by atoms with Crippen LogP contribution in [0.3, 0.4) is 0 Å². The van der Waals surface area contributed by atoms with E-state index in [9.17, 15) is 32.8 Å². The lowest BCUT2D eigenvalue weighted by atomic mass is 9.63. The molecule has 3 spiro atoms. The van der Waals surface area contributed by atoms with Gasteiger partial charge in [0.2, 0.25) is 23.6 Å². The van der Waals surface area contributed by atoms with Crippen molar-refractivity contribution in [2.24, 2.45) is 16.2 Å². The van der Waals surface area contributed by atoms with Crippen molar-refractivity contribution in [2.45, 2.75) is 225 Å². The smallest absolute Gasteiger partial charge is 0.253 e. The topological polar surface area (TPSA) is 159 Å².